The summed E-state index contributed by atoms with van der Waals surface area (Å²) in [7, 11) is 1.92. The van der Waals surface area contributed by atoms with Gasteiger partial charge in [-0.1, -0.05) is 5.16 Å². The number of nitrogens with zero attached hydrogens (tertiary/aromatic N) is 5. The highest BCUT2D eigenvalue weighted by atomic mass is 16.5. The van der Waals surface area contributed by atoms with E-state index in [0.29, 0.717) is 6.42 Å². The van der Waals surface area contributed by atoms with E-state index in [9.17, 15) is 4.79 Å². The van der Waals surface area contributed by atoms with Crippen LogP contribution in [0.4, 0.5) is 0 Å². The van der Waals surface area contributed by atoms with Crippen molar-refractivity contribution in [2.24, 2.45) is 7.05 Å². The second kappa shape index (κ2) is 6.76. The number of rotatable bonds is 4. The molecule has 24 heavy (non-hydrogen) atoms. The molecule has 0 radical (unpaired) electrons. The van der Waals surface area contributed by atoms with Crippen LogP contribution < -0.4 is 0 Å². The summed E-state index contributed by atoms with van der Waals surface area (Å²) in [5.74, 6) is 1.02. The molecule has 0 aliphatic carbocycles. The summed E-state index contributed by atoms with van der Waals surface area (Å²) in [5, 5.41) is 8.43. The Labute approximate surface area is 142 Å². The Bertz CT molecular complexity index is 725. The number of piperazine rings is 1. The number of aromatic nitrogens is 3. The van der Waals surface area contributed by atoms with Gasteiger partial charge in [0.2, 0.25) is 5.91 Å². The van der Waals surface area contributed by atoms with E-state index in [1.165, 1.54) is 0 Å². The van der Waals surface area contributed by atoms with Crippen LogP contribution >= 0.6 is 0 Å². The van der Waals surface area contributed by atoms with Crippen LogP contribution in [0.25, 0.3) is 0 Å². The molecule has 3 rings (SSSR count). The first-order valence-corrected chi connectivity index (χ1v) is 8.35. The predicted molar refractivity (Wildman–Crippen MR) is 89.5 cm³/mol. The zero-order valence-corrected chi connectivity index (χ0v) is 14.9. The van der Waals surface area contributed by atoms with Gasteiger partial charge in [0.1, 0.15) is 5.76 Å². The van der Waals surface area contributed by atoms with Crippen molar-refractivity contribution in [3.8, 4) is 0 Å². The average molecular weight is 331 g/mol. The van der Waals surface area contributed by atoms with Crippen molar-refractivity contribution in [1.29, 1.82) is 0 Å². The average Bonchev–Trinajstić information content (AvgIpc) is 3.06. The number of hydrogen-bond acceptors (Lipinski definition) is 5. The van der Waals surface area contributed by atoms with Crippen molar-refractivity contribution in [1.82, 2.24) is 24.7 Å². The van der Waals surface area contributed by atoms with Crippen LogP contribution in [0, 0.1) is 20.8 Å². The molecule has 7 heteroatoms. The van der Waals surface area contributed by atoms with Gasteiger partial charge in [-0.25, -0.2) is 0 Å². The Morgan fingerprint density at radius 3 is 2.46 bits per heavy atom. The zero-order valence-electron chi connectivity index (χ0n) is 14.9. The van der Waals surface area contributed by atoms with Crippen LogP contribution in [0.2, 0.25) is 0 Å². The minimum absolute atomic E-state index is 0.186. The summed E-state index contributed by atoms with van der Waals surface area (Å²) >= 11 is 0. The topological polar surface area (TPSA) is 67.4 Å². The van der Waals surface area contributed by atoms with E-state index < -0.39 is 0 Å². The second-order valence-corrected chi connectivity index (χ2v) is 6.54. The van der Waals surface area contributed by atoms with Gasteiger partial charge in [-0.05, 0) is 20.8 Å². The lowest BCUT2D eigenvalue weighted by atomic mass is 10.1. The SMILES string of the molecule is Cc1cc(CN2CCN(C(=O)Cc3c(C)nn(C)c3C)CC2)no1. The number of amides is 1. The van der Waals surface area contributed by atoms with Gasteiger partial charge in [-0.2, -0.15) is 5.10 Å². The molecule has 2 aromatic rings. The van der Waals surface area contributed by atoms with Crippen LogP contribution in [0.5, 0.6) is 0 Å². The highest BCUT2D eigenvalue weighted by molar-refractivity contribution is 5.79. The fourth-order valence-corrected chi connectivity index (χ4v) is 3.21. The van der Waals surface area contributed by atoms with Gasteiger partial charge in [-0.3, -0.25) is 14.4 Å². The van der Waals surface area contributed by atoms with Crippen LogP contribution in [-0.4, -0.2) is 56.8 Å². The summed E-state index contributed by atoms with van der Waals surface area (Å²) in [4.78, 5) is 16.9. The minimum Gasteiger partial charge on any atom is -0.361 e. The molecule has 130 valence electrons. The van der Waals surface area contributed by atoms with Crippen molar-refractivity contribution >= 4 is 5.91 Å². The highest BCUT2D eigenvalue weighted by Gasteiger charge is 2.23. The summed E-state index contributed by atoms with van der Waals surface area (Å²) in [6.07, 6.45) is 0.438. The quantitative estimate of drug-likeness (QED) is 0.843. The third-order valence-electron chi connectivity index (χ3n) is 4.77. The van der Waals surface area contributed by atoms with E-state index in [4.69, 9.17) is 4.52 Å². The molecule has 0 atom stereocenters. The van der Waals surface area contributed by atoms with Crippen LogP contribution in [0.15, 0.2) is 10.6 Å². The van der Waals surface area contributed by atoms with Crippen molar-refractivity contribution in [3.63, 3.8) is 0 Å². The van der Waals surface area contributed by atoms with Crippen molar-refractivity contribution in [2.45, 2.75) is 33.7 Å². The fourth-order valence-electron chi connectivity index (χ4n) is 3.21. The Hall–Kier alpha value is -2.15. The van der Waals surface area contributed by atoms with Crippen molar-refractivity contribution in [3.05, 3.63) is 34.5 Å². The van der Waals surface area contributed by atoms with E-state index in [1.807, 2.05) is 43.5 Å². The maximum absolute atomic E-state index is 12.6. The fraction of sp³-hybridized carbons (Fsp3) is 0.588. The van der Waals surface area contributed by atoms with E-state index >= 15 is 0 Å². The monoisotopic (exact) mass is 331 g/mol. The van der Waals surface area contributed by atoms with E-state index in [-0.39, 0.29) is 5.91 Å². The molecule has 3 heterocycles. The molecule has 1 aliphatic rings. The lowest BCUT2D eigenvalue weighted by Crippen LogP contribution is -2.48. The third kappa shape index (κ3) is 3.51. The van der Waals surface area contributed by atoms with Gasteiger partial charge in [0.05, 0.1) is 17.8 Å². The summed E-state index contributed by atoms with van der Waals surface area (Å²) in [6.45, 7) is 9.90. The molecular formula is C17H25N5O2. The van der Waals surface area contributed by atoms with Gasteiger partial charge >= 0.3 is 0 Å². The van der Waals surface area contributed by atoms with Crippen LogP contribution in [0.1, 0.15) is 28.4 Å². The lowest BCUT2D eigenvalue weighted by Gasteiger charge is -2.34. The first-order valence-electron chi connectivity index (χ1n) is 8.35. The summed E-state index contributed by atoms with van der Waals surface area (Å²) in [5.41, 5.74) is 4.03. The van der Waals surface area contributed by atoms with E-state index in [1.54, 1.807) is 0 Å². The van der Waals surface area contributed by atoms with E-state index in [2.05, 4.69) is 15.2 Å². The zero-order chi connectivity index (χ0) is 17.3. The molecule has 0 spiro atoms. The number of carbonyl (C=O) groups excluding carboxylic acids is 1. The maximum Gasteiger partial charge on any atom is 0.227 e. The van der Waals surface area contributed by atoms with Crippen LogP contribution in [0.3, 0.4) is 0 Å². The summed E-state index contributed by atoms with van der Waals surface area (Å²) in [6, 6.07) is 1.96. The Morgan fingerprint density at radius 1 is 1.21 bits per heavy atom. The lowest BCUT2D eigenvalue weighted by molar-refractivity contribution is -0.132. The molecule has 1 aliphatic heterocycles. The smallest absolute Gasteiger partial charge is 0.227 e. The molecule has 0 aromatic carbocycles. The van der Waals surface area contributed by atoms with Gasteiger partial charge in [-0.15, -0.1) is 0 Å². The Kier molecular flexibility index (Phi) is 4.71. The first kappa shape index (κ1) is 16.7. The standard InChI is InChI=1S/C17H25N5O2/c1-12-9-15(19-24-12)11-21-5-7-22(8-6-21)17(23)10-16-13(2)18-20(4)14(16)3/h9H,5-8,10-11H2,1-4H3. The number of hydrogen-bond donors (Lipinski definition) is 0. The molecule has 2 aromatic heterocycles. The molecular weight excluding hydrogens is 306 g/mol. The molecule has 0 saturated carbocycles. The highest BCUT2D eigenvalue weighted by Crippen LogP contribution is 2.15. The second-order valence-electron chi connectivity index (χ2n) is 6.54. The van der Waals surface area contributed by atoms with Gasteiger partial charge < -0.3 is 9.42 Å². The molecule has 0 bridgehead atoms. The van der Waals surface area contributed by atoms with E-state index in [0.717, 1.165) is 61.1 Å². The van der Waals surface area contributed by atoms with Crippen molar-refractivity contribution in [2.75, 3.05) is 26.2 Å². The molecule has 1 amide bonds. The third-order valence-corrected chi connectivity index (χ3v) is 4.77. The molecule has 1 saturated heterocycles. The minimum atomic E-state index is 0.186. The Balaban J connectivity index is 1.53. The van der Waals surface area contributed by atoms with Crippen LogP contribution in [-0.2, 0) is 24.8 Å². The number of carbonyl (C=O) groups is 1. The first-order chi connectivity index (χ1) is 11.4. The van der Waals surface area contributed by atoms with Gasteiger partial charge in [0.15, 0.2) is 0 Å². The predicted octanol–water partition coefficient (Wildman–Crippen LogP) is 1.22. The molecule has 0 N–H and O–H groups in total. The Morgan fingerprint density at radius 2 is 1.92 bits per heavy atom. The summed E-state index contributed by atoms with van der Waals surface area (Å²) < 4.78 is 6.95. The normalized spacial score (nSPS) is 15.9. The number of aryl methyl sites for hydroxylation is 3. The molecule has 0 unspecified atom stereocenters. The molecule has 1 fully saturated rings. The van der Waals surface area contributed by atoms with Crippen molar-refractivity contribution < 1.29 is 9.32 Å². The maximum atomic E-state index is 12.6. The molecule has 7 nitrogen and oxygen atoms in total. The van der Waals surface area contributed by atoms with Gasteiger partial charge in [0, 0.05) is 57.1 Å². The van der Waals surface area contributed by atoms with Gasteiger partial charge in [0.25, 0.3) is 0 Å². The largest absolute Gasteiger partial charge is 0.361 e.